The SMILES string of the molecule is Cc1ccc(-c2nnc3c4ccccc4nc(N4CCCN(C(=O)c5ccco5)CC4)n23)cc1. The van der Waals surface area contributed by atoms with E-state index < -0.39 is 0 Å². The number of aryl methyl sites for hydroxylation is 1. The lowest BCUT2D eigenvalue weighted by atomic mass is 10.1. The molecule has 6 rings (SSSR count). The number of carbonyl (C=O) groups is 1. The average Bonchev–Trinajstić information content (AvgIpc) is 3.50. The molecule has 0 aliphatic carbocycles. The Morgan fingerprint density at radius 3 is 2.59 bits per heavy atom. The van der Waals surface area contributed by atoms with Crippen molar-refractivity contribution in [1.29, 1.82) is 0 Å². The highest BCUT2D eigenvalue weighted by atomic mass is 16.3. The molecule has 0 spiro atoms. The molecule has 1 aliphatic heterocycles. The molecule has 1 amide bonds. The van der Waals surface area contributed by atoms with Gasteiger partial charge < -0.3 is 14.2 Å². The molecule has 0 N–H and O–H groups in total. The molecule has 34 heavy (non-hydrogen) atoms. The summed E-state index contributed by atoms with van der Waals surface area (Å²) in [6.45, 7) is 4.74. The van der Waals surface area contributed by atoms with Gasteiger partial charge in [0.2, 0.25) is 5.95 Å². The minimum absolute atomic E-state index is 0.0758. The molecule has 0 atom stereocenters. The summed E-state index contributed by atoms with van der Waals surface area (Å²) in [5.74, 6) is 1.85. The highest BCUT2D eigenvalue weighted by Crippen LogP contribution is 2.29. The molecule has 4 heterocycles. The van der Waals surface area contributed by atoms with E-state index in [1.807, 2.05) is 29.2 Å². The number of carbonyl (C=O) groups excluding carboxylic acids is 1. The van der Waals surface area contributed by atoms with Crippen molar-refractivity contribution in [3.8, 4) is 11.4 Å². The number of anilines is 1. The van der Waals surface area contributed by atoms with Crippen LogP contribution in [0.1, 0.15) is 22.5 Å². The number of aromatic nitrogens is 4. The highest BCUT2D eigenvalue weighted by Gasteiger charge is 2.25. The van der Waals surface area contributed by atoms with Crippen LogP contribution < -0.4 is 4.90 Å². The van der Waals surface area contributed by atoms with Crippen molar-refractivity contribution >= 4 is 28.4 Å². The number of amides is 1. The van der Waals surface area contributed by atoms with Crippen LogP contribution in [0.3, 0.4) is 0 Å². The van der Waals surface area contributed by atoms with Crippen molar-refractivity contribution in [2.75, 3.05) is 31.1 Å². The van der Waals surface area contributed by atoms with Crippen LogP contribution in [0.4, 0.5) is 5.95 Å². The van der Waals surface area contributed by atoms with E-state index in [1.165, 1.54) is 11.8 Å². The van der Waals surface area contributed by atoms with Gasteiger partial charge in [-0.05, 0) is 37.6 Å². The molecule has 1 fully saturated rings. The van der Waals surface area contributed by atoms with Crippen LogP contribution >= 0.6 is 0 Å². The third-order valence-corrected chi connectivity index (χ3v) is 6.34. The van der Waals surface area contributed by atoms with E-state index in [9.17, 15) is 4.79 Å². The molecule has 1 aliphatic rings. The number of hydrogen-bond acceptors (Lipinski definition) is 6. The molecule has 3 aromatic heterocycles. The minimum Gasteiger partial charge on any atom is -0.459 e. The van der Waals surface area contributed by atoms with Gasteiger partial charge in [0, 0.05) is 37.1 Å². The predicted molar refractivity (Wildman–Crippen MR) is 130 cm³/mol. The molecule has 5 aromatic rings. The van der Waals surface area contributed by atoms with Crippen molar-refractivity contribution < 1.29 is 9.21 Å². The first-order valence-corrected chi connectivity index (χ1v) is 11.5. The molecule has 0 saturated carbocycles. The highest BCUT2D eigenvalue weighted by molar-refractivity contribution is 5.93. The van der Waals surface area contributed by atoms with Crippen molar-refractivity contribution in [2.24, 2.45) is 0 Å². The van der Waals surface area contributed by atoms with Gasteiger partial charge in [-0.25, -0.2) is 9.38 Å². The Kier molecular flexibility index (Phi) is 4.98. The maximum absolute atomic E-state index is 12.8. The average molecular weight is 453 g/mol. The summed E-state index contributed by atoms with van der Waals surface area (Å²) >= 11 is 0. The van der Waals surface area contributed by atoms with Gasteiger partial charge in [0.1, 0.15) is 0 Å². The summed E-state index contributed by atoms with van der Waals surface area (Å²) in [7, 11) is 0. The lowest BCUT2D eigenvalue weighted by molar-refractivity contribution is 0.0735. The summed E-state index contributed by atoms with van der Waals surface area (Å²) in [6, 6.07) is 19.8. The van der Waals surface area contributed by atoms with Gasteiger partial charge in [0.15, 0.2) is 17.2 Å². The van der Waals surface area contributed by atoms with Gasteiger partial charge in [-0.1, -0.05) is 42.0 Å². The van der Waals surface area contributed by atoms with Gasteiger partial charge in [-0.15, -0.1) is 10.2 Å². The monoisotopic (exact) mass is 452 g/mol. The molecule has 0 radical (unpaired) electrons. The third-order valence-electron chi connectivity index (χ3n) is 6.34. The van der Waals surface area contributed by atoms with Gasteiger partial charge in [0.25, 0.3) is 5.91 Å². The quantitative estimate of drug-likeness (QED) is 0.408. The first-order valence-electron chi connectivity index (χ1n) is 11.5. The lowest BCUT2D eigenvalue weighted by Gasteiger charge is -2.24. The first-order chi connectivity index (χ1) is 16.7. The van der Waals surface area contributed by atoms with Crippen molar-refractivity contribution in [1.82, 2.24) is 24.5 Å². The van der Waals surface area contributed by atoms with E-state index in [-0.39, 0.29) is 5.91 Å². The Morgan fingerprint density at radius 2 is 1.76 bits per heavy atom. The maximum Gasteiger partial charge on any atom is 0.289 e. The van der Waals surface area contributed by atoms with Crippen molar-refractivity contribution in [3.05, 3.63) is 78.3 Å². The van der Waals surface area contributed by atoms with Gasteiger partial charge >= 0.3 is 0 Å². The smallest absolute Gasteiger partial charge is 0.289 e. The summed E-state index contributed by atoms with van der Waals surface area (Å²) in [6.07, 6.45) is 2.36. The van der Waals surface area contributed by atoms with Gasteiger partial charge in [-0.3, -0.25) is 4.79 Å². The molecule has 2 aromatic carbocycles. The zero-order valence-electron chi connectivity index (χ0n) is 18.9. The number of rotatable bonds is 3. The molecule has 170 valence electrons. The fourth-order valence-electron chi connectivity index (χ4n) is 4.54. The zero-order valence-corrected chi connectivity index (χ0v) is 18.9. The second kappa shape index (κ2) is 8.30. The largest absolute Gasteiger partial charge is 0.459 e. The number of benzene rings is 2. The number of furan rings is 1. The van der Waals surface area contributed by atoms with Crippen LogP contribution in [0, 0.1) is 6.92 Å². The number of para-hydroxylation sites is 1. The van der Waals surface area contributed by atoms with E-state index >= 15 is 0 Å². The molecular formula is C26H24N6O2. The molecule has 0 bridgehead atoms. The molecule has 1 saturated heterocycles. The van der Waals surface area contributed by atoms with Crippen molar-refractivity contribution in [3.63, 3.8) is 0 Å². The normalized spacial score (nSPS) is 14.6. The Bertz CT molecular complexity index is 1470. The number of hydrogen-bond donors (Lipinski definition) is 0. The van der Waals surface area contributed by atoms with Crippen LogP contribution in [0.15, 0.2) is 71.3 Å². The van der Waals surface area contributed by atoms with E-state index in [4.69, 9.17) is 9.40 Å². The summed E-state index contributed by atoms with van der Waals surface area (Å²) in [4.78, 5) is 22.0. The molecule has 0 unspecified atom stereocenters. The van der Waals surface area contributed by atoms with E-state index in [0.29, 0.717) is 25.4 Å². The Balaban J connectivity index is 1.43. The van der Waals surface area contributed by atoms with Crippen LogP contribution in [-0.4, -0.2) is 56.6 Å². The second-order valence-corrected chi connectivity index (χ2v) is 8.59. The van der Waals surface area contributed by atoms with Crippen LogP contribution in [-0.2, 0) is 0 Å². The molecule has 8 nitrogen and oxygen atoms in total. The summed E-state index contributed by atoms with van der Waals surface area (Å²) in [5, 5.41) is 10.1. The van der Waals surface area contributed by atoms with Gasteiger partial charge in [0.05, 0.1) is 11.8 Å². The van der Waals surface area contributed by atoms with Crippen LogP contribution in [0.2, 0.25) is 0 Å². The fraction of sp³-hybridized carbons (Fsp3) is 0.231. The Morgan fingerprint density at radius 1 is 0.912 bits per heavy atom. The maximum atomic E-state index is 12.8. The Labute approximate surface area is 196 Å². The van der Waals surface area contributed by atoms with Gasteiger partial charge in [-0.2, -0.15) is 0 Å². The predicted octanol–water partition coefficient (Wildman–Crippen LogP) is 4.20. The van der Waals surface area contributed by atoms with E-state index in [2.05, 4.69) is 50.7 Å². The molecular weight excluding hydrogens is 428 g/mol. The molecule has 8 heteroatoms. The summed E-state index contributed by atoms with van der Waals surface area (Å²) in [5.41, 5.74) is 3.83. The lowest BCUT2D eigenvalue weighted by Crippen LogP contribution is -2.35. The van der Waals surface area contributed by atoms with Crippen molar-refractivity contribution in [2.45, 2.75) is 13.3 Å². The topological polar surface area (TPSA) is 79.8 Å². The minimum atomic E-state index is -0.0758. The van der Waals surface area contributed by atoms with Crippen LogP contribution in [0.25, 0.3) is 27.9 Å². The van der Waals surface area contributed by atoms with E-state index in [0.717, 1.165) is 46.9 Å². The Hall–Kier alpha value is -4.20. The first kappa shape index (κ1) is 20.4. The summed E-state index contributed by atoms with van der Waals surface area (Å²) < 4.78 is 7.38. The van der Waals surface area contributed by atoms with Crippen LogP contribution in [0.5, 0.6) is 0 Å². The zero-order chi connectivity index (χ0) is 23.1. The standard InChI is InChI=1S/C26H24N6O2/c1-18-9-11-19(12-10-18)23-28-29-24-20-6-2-3-7-21(20)27-26(32(23)24)31-14-5-13-30(15-16-31)25(33)22-8-4-17-34-22/h2-4,6-12,17H,5,13-16H2,1H3. The number of fused-ring (bicyclic) bond motifs is 3. The fourth-order valence-corrected chi connectivity index (χ4v) is 4.54. The van der Waals surface area contributed by atoms with E-state index in [1.54, 1.807) is 12.1 Å². The number of nitrogens with zero attached hydrogens (tertiary/aromatic N) is 6. The second-order valence-electron chi connectivity index (χ2n) is 8.59. The third kappa shape index (κ3) is 3.48.